The number of methoxy groups -OCH3 is 2. The lowest BCUT2D eigenvalue weighted by atomic mass is 10.00. The maximum atomic E-state index is 10.6. The van der Waals surface area contributed by atoms with E-state index in [2.05, 4.69) is 73.5 Å². The first-order valence-electron chi connectivity index (χ1n) is 13.5. The second-order valence-electron chi connectivity index (χ2n) is 10.2. The highest BCUT2D eigenvalue weighted by atomic mass is 19.4. The van der Waals surface area contributed by atoms with E-state index in [0.29, 0.717) is 0 Å². The molecule has 0 atom stereocenters. The first kappa shape index (κ1) is 31.6. The number of fused-ring (bicyclic) bond motifs is 1. The minimum absolute atomic E-state index is 0.755. The van der Waals surface area contributed by atoms with Crippen molar-refractivity contribution in [2.75, 3.05) is 37.1 Å². The first-order valence-corrected chi connectivity index (χ1v) is 13.5. The number of alkyl halides is 3. The van der Waals surface area contributed by atoms with Crippen molar-refractivity contribution in [1.82, 2.24) is 9.78 Å². The Bertz CT molecular complexity index is 1350. The van der Waals surface area contributed by atoms with Crippen molar-refractivity contribution in [1.29, 1.82) is 0 Å². The predicted molar refractivity (Wildman–Crippen MR) is 154 cm³/mol. The van der Waals surface area contributed by atoms with E-state index < -0.39 is 12.1 Å². The Balaban J connectivity index is 0.000000587. The molecule has 2 aromatic carbocycles. The van der Waals surface area contributed by atoms with Crippen LogP contribution in [0.1, 0.15) is 47.6 Å². The molecule has 0 unspecified atom stereocenters. The maximum absolute atomic E-state index is 10.6. The molecule has 0 saturated carbocycles. The average Bonchev–Trinajstić information content (AvgIpc) is 3.24. The van der Waals surface area contributed by atoms with Crippen molar-refractivity contribution in [3.05, 3.63) is 58.1 Å². The molecule has 0 spiro atoms. The third kappa shape index (κ3) is 7.25. The fraction of sp³-hybridized carbons (Fsp3) is 0.467. The van der Waals surface area contributed by atoms with E-state index >= 15 is 0 Å². The Morgan fingerprint density at radius 2 is 1.68 bits per heavy atom. The third-order valence-corrected chi connectivity index (χ3v) is 6.92. The van der Waals surface area contributed by atoms with Crippen molar-refractivity contribution < 1.29 is 32.5 Å². The van der Waals surface area contributed by atoms with Crippen molar-refractivity contribution in [2.45, 2.75) is 59.7 Å². The van der Waals surface area contributed by atoms with Crippen LogP contribution in [-0.2, 0) is 24.8 Å². The van der Waals surface area contributed by atoms with Crippen LogP contribution in [0.2, 0.25) is 0 Å². The van der Waals surface area contributed by atoms with Crippen LogP contribution < -0.4 is 19.3 Å². The number of carboxylic acids is 1. The molecule has 1 aromatic heterocycles. The van der Waals surface area contributed by atoms with Crippen LogP contribution in [-0.4, -0.2) is 54.3 Å². The number of halogens is 3. The standard InChI is InChI=1S/C28H38N4O2.C2HF3O2/c1-8-13-31(18-22-11-12-24(33-6)25(17-22)34-7)28-23-10-9-14-32(27(23)29-30(28)5)26-20(3)15-19(2)16-21(26)4;3-2(4,5)1(6)7/h11-12,15-17H,8-10,13-14,18H2,1-7H3;(H,6,7). The summed E-state index contributed by atoms with van der Waals surface area (Å²) in [5, 5.41) is 12.2. The van der Waals surface area contributed by atoms with Crippen LogP contribution in [0.3, 0.4) is 0 Å². The summed E-state index contributed by atoms with van der Waals surface area (Å²) in [6.07, 6.45) is -1.85. The number of hydrogen-bond donors (Lipinski definition) is 1. The van der Waals surface area contributed by atoms with Gasteiger partial charge in [-0.25, -0.2) is 4.79 Å². The number of nitrogens with zero attached hydrogens (tertiary/aromatic N) is 4. The number of carboxylic acid groups (broad SMARTS) is 1. The zero-order valence-corrected chi connectivity index (χ0v) is 24.7. The van der Waals surface area contributed by atoms with Gasteiger partial charge < -0.3 is 24.4 Å². The van der Waals surface area contributed by atoms with Gasteiger partial charge in [-0.1, -0.05) is 30.7 Å². The number of aromatic nitrogens is 2. The van der Waals surface area contributed by atoms with Crippen LogP contribution in [0.5, 0.6) is 11.5 Å². The van der Waals surface area contributed by atoms with Crippen molar-refractivity contribution >= 4 is 23.3 Å². The summed E-state index contributed by atoms with van der Waals surface area (Å²) < 4.78 is 44.8. The van der Waals surface area contributed by atoms with Gasteiger partial charge in [0.15, 0.2) is 17.3 Å². The number of benzene rings is 2. The molecular weight excluding hydrogens is 537 g/mol. The van der Waals surface area contributed by atoms with E-state index in [-0.39, 0.29) is 0 Å². The van der Waals surface area contributed by atoms with Crippen LogP contribution in [0.15, 0.2) is 30.3 Å². The zero-order chi connectivity index (χ0) is 30.5. The highest BCUT2D eigenvalue weighted by Crippen LogP contribution is 2.41. The van der Waals surface area contributed by atoms with E-state index in [1.165, 1.54) is 39.3 Å². The number of hydrogen-bond acceptors (Lipinski definition) is 6. The first-order chi connectivity index (χ1) is 19.3. The van der Waals surface area contributed by atoms with Crippen LogP contribution in [0.4, 0.5) is 30.5 Å². The summed E-state index contributed by atoms with van der Waals surface area (Å²) in [4.78, 5) is 13.8. The van der Waals surface area contributed by atoms with Gasteiger partial charge in [-0.3, -0.25) is 4.68 Å². The lowest BCUT2D eigenvalue weighted by Gasteiger charge is -2.32. The van der Waals surface area contributed by atoms with Gasteiger partial charge in [0.05, 0.1) is 14.2 Å². The average molecular weight is 577 g/mol. The number of anilines is 3. The van der Waals surface area contributed by atoms with Crippen LogP contribution >= 0.6 is 0 Å². The molecule has 0 radical (unpaired) electrons. The quantitative estimate of drug-likeness (QED) is 0.328. The fourth-order valence-corrected chi connectivity index (χ4v) is 5.45. The monoisotopic (exact) mass is 576 g/mol. The molecule has 0 fully saturated rings. The van der Waals surface area contributed by atoms with E-state index in [0.717, 1.165) is 56.2 Å². The molecule has 0 saturated heterocycles. The number of aryl methyl sites for hydroxylation is 4. The van der Waals surface area contributed by atoms with E-state index in [9.17, 15) is 13.2 Å². The number of ether oxygens (including phenoxy) is 2. The SMILES string of the molecule is CCCN(Cc1ccc(OC)c(OC)c1)c1c2c(nn1C)N(c1c(C)cc(C)cc1C)CCC2.O=C(O)C(F)(F)F. The smallest absolute Gasteiger partial charge is 0.490 e. The minimum Gasteiger partial charge on any atom is -0.493 e. The molecule has 4 rings (SSSR count). The lowest BCUT2D eigenvalue weighted by molar-refractivity contribution is -0.192. The third-order valence-electron chi connectivity index (χ3n) is 6.92. The summed E-state index contributed by atoms with van der Waals surface area (Å²) in [5.41, 5.74) is 7.78. The van der Waals surface area contributed by atoms with Gasteiger partial charge in [-0.15, -0.1) is 0 Å². The molecule has 2 heterocycles. The van der Waals surface area contributed by atoms with Gasteiger partial charge in [0.25, 0.3) is 0 Å². The highest BCUT2D eigenvalue weighted by molar-refractivity contribution is 5.75. The van der Waals surface area contributed by atoms with Crippen molar-refractivity contribution in [3.8, 4) is 11.5 Å². The number of carbonyl (C=O) groups is 1. The Kier molecular flexibility index (Phi) is 10.2. The second-order valence-corrected chi connectivity index (χ2v) is 10.2. The largest absolute Gasteiger partial charge is 0.493 e. The molecular formula is C30H39F3N4O4. The molecule has 1 aliphatic rings. The minimum atomic E-state index is -5.08. The normalized spacial score (nSPS) is 12.8. The van der Waals surface area contributed by atoms with Gasteiger partial charge in [0.1, 0.15) is 5.82 Å². The molecule has 0 amide bonds. The van der Waals surface area contributed by atoms with Crippen LogP contribution in [0, 0.1) is 20.8 Å². The van der Waals surface area contributed by atoms with Gasteiger partial charge >= 0.3 is 12.1 Å². The Labute approximate surface area is 239 Å². The maximum Gasteiger partial charge on any atom is 0.490 e. The molecule has 1 aliphatic heterocycles. The molecule has 8 nitrogen and oxygen atoms in total. The molecule has 0 aliphatic carbocycles. The summed E-state index contributed by atoms with van der Waals surface area (Å²) in [7, 11) is 5.44. The summed E-state index contributed by atoms with van der Waals surface area (Å²) in [6, 6.07) is 10.7. The summed E-state index contributed by atoms with van der Waals surface area (Å²) >= 11 is 0. The zero-order valence-electron chi connectivity index (χ0n) is 24.7. The Hall–Kier alpha value is -3.89. The van der Waals surface area contributed by atoms with Gasteiger partial charge in [-0.2, -0.15) is 18.3 Å². The fourth-order valence-electron chi connectivity index (χ4n) is 5.45. The topological polar surface area (TPSA) is 80.1 Å². The van der Waals surface area contributed by atoms with Gasteiger partial charge in [0.2, 0.25) is 0 Å². The van der Waals surface area contributed by atoms with E-state index in [1.54, 1.807) is 14.2 Å². The molecule has 1 N–H and O–H groups in total. The summed E-state index contributed by atoms with van der Waals surface area (Å²) in [6.45, 7) is 11.6. The van der Waals surface area contributed by atoms with Crippen molar-refractivity contribution in [2.24, 2.45) is 7.05 Å². The van der Waals surface area contributed by atoms with E-state index in [4.69, 9.17) is 24.5 Å². The molecule has 41 heavy (non-hydrogen) atoms. The van der Waals surface area contributed by atoms with Crippen LogP contribution in [0.25, 0.3) is 0 Å². The second kappa shape index (κ2) is 13.2. The molecule has 224 valence electrons. The van der Waals surface area contributed by atoms with Crippen molar-refractivity contribution in [3.63, 3.8) is 0 Å². The molecule has 0 bridgehead atoms. The Morgan fingerprint density at radius 3 is 2.22 bits per heavy atom. The highest BCUT2D eigenvalue weighted by Gasteiger charge is 2.38. The predicted octanol–water partition coefficient (Wildman–Crippen LogP) is 6.50. The van der Waals surface area contributed by atoms with Gasteiger partial charge in [-0.05, 0) is 68.9 Å². The Morgan fingerprint density at radius 1 is 1.07 bits per heavy atom. The van der Waals surface area contributed by atoms with E-state index in [1.807, 2.05) is 6.07 Å². The molecule has 11 heteroatoms. The number of aliphatic carboxylic acids is 1. The number of rotatable bonds is 8. The lowest BCUT2D eigenvalue weighted by Crippen LogP contribution is -2.29. The summed E-state index contributed by atoms with van der Waals surface area (Å²) in [5.74, 6) is 1.09. The van der Waals surface area contributed by atoms with Gasteiger partial charge in [0, 0.05) is 37.9 Å². The molecule has 3 aromatic rings.